The third kappa shape index (κ3) is 5.72. The molecule has 0 atom stereocenters. The third-order valence-electron chi connectivity index (χ3n) is 1.42. The van der Waals surface area contributed by atoms with Gasteiger partial charge in [0.1, 0.15) is 6.54 Å². The molecule has 0 aliphatic carbocycles. The van der Waals surface area contributed by atoms with Crippen LogP contribution in [0.2, 0.25) is 0 Å². The van der Waals surface area contributed by atoms with Crippen LogP contribution in [-0.4, -0.2) is 24.5 Å². The van der Waals surface area contributed by atoms with Gasteiger partial charge in [-0.2, -0.15) is 5.26 Å². The number of carbonyl (C=O) groups is 1. The van der Waals surface area contributed by atoms with Crippen LogP contribution in [-0.2, 0) is 4.79 Å². The molecule has 0 aromatic heterocycles. The van der Waals surface area contributed by atoms with Crippen molar-refractivity contribution in [3.8, 4) is 18.4 Å². The first-order chi connectivity index (χ1) is 6.02. The molecule has 0 radical (unpaired) electrons. The molecule has 0 fully saturated rings. The topological polar surface area (TPSA) is 64.9 Å². The van der Waals surface area contributed by atoms with Gasteiger partial charge in [0.25, 0.3) is 0 Å². The summed E-state index contributed by atoms with van der Waals surface area (Å²) in [6.07, 6.45) is 5.20. The summed E-state index contributed by atoms with van der Waals surface area (Å²) >= 11 is 0. The van der Waals surface area contributed by atoms with Gasteiger partial charge in [-0.25, -0.2) is 0 Å². The van der Waals surface area contributed by atoms with Crippen LogP contribution in [0.1, 0.15) is 13.8 Å². The molecule has 0 saturated heterocycles. The van der Waals surface area contributed by atoms with Crippen molar-refractivity contribution >= 4 is 5.91 Å². The average Bonchev–Trinajstić information content (AvgIpc) is 2.11. The van der Waals surface area contributed by atoms with Gasteiger partial charge in [0.2, 0.25) is 5.91 Å². The van der Waals surface area contributed by atoms with Gasteiger partial charge < -0.3 is 5.32 Å². The normalized spacial score (nSPS) is 9.85. The van der Waals surface area contributed by atoms with E-state index >= 15 is 0 Å². The molecule has 0 spiro atoms. The molecule has 0 saturated carbocycles. The van der Waals surface area contributed by atoms with Gasteiger partial charge in [-0.1, -0.05) is 5.92 Å². The zero-order chi connectivity index (χ0) is 10.3. The van der Waals surface area contributed by atoms with Crippen molar-refractivity contribution < 1.29 is 4.79 Å². The second kappa shape index (κ2) is 5.18. The van der Waals surface area contributed by atoms with Crippen LogP contribution in [0.3, 0.4) is 0 Å². The molecule has 0 rings (SSSR count). The first kappa shape index (κ1) is 11.5. The van der Waals surface area contributed by atoms with Crippen molar-refractivity contribution in [1.29, 1.82) is 5.26 Å². The van der Waals surface area contributed by atoms with Gasteiger partial charge in [-0.3, -0.25) is 10.1 Å². The second-order valence-corrected chi connectivity index (χ2v) is 3.06. The minimum atomic E-state index is -0.496. The lowest BCUT2D eigenvalue weighted by atomic mass is 10.1. The molecule has 0 aliphatic rings. The summed E-state index contributed by atoms with van der Waals surface area (Å²) in [5.41, 5.74) is -0.496. The van der Waals surface area contributed by atoms with Crippen LogP contribution in [0, 0.1) is 23.7 Å². The van der Waals surface area contributed by atoms with Gasteiger partial charge in [-0.05, 0) is 13.8 Å². The van der Waals surface area contributed by atoms with Crippen LogP contribution in [0.25, 0.3) is 0 Å². The van der Waals surface area contributed by atoms with Crippen molar-refractivity contribution in [2.45, 2.75) is 19.4 Å². The first-order valence-corrected chi connectivity index (χ1v) is 3.88. The highest BCUT2D eigenvalue weighted by molar-refractivity contribution is 5.78. The summed E-state index contributed by atoms with van der Waals surface area (Å²) in [5.74, 6) is 2.27. The second-order valence-electron chi connectivity index (χ2n) is 3.06. The van der Waals surface area contributed by atoms with Crippen molar-refractivity contribution in [3.63, 3.8) is 0 Å². The number of hydrogen-bond acceptors (Lipinski definition) is 3. The summed E-state index contributed by atoms with van der Waals surface area (Å²) < 4.78 is 0. The minimum absolute atomic E-state index is 0.0248. The molecule has 0 bridgehead atoms. The van der Waals surface area contributed by atoms with E-state index in [1.165, 1.54) is 0 Å². The quantitative estimate of drug-likeness (QED) is 0.457. The molecule has 1 amide bonds. The molecule has 13 heavy (non-hydrogen) atoms. The SMILES string of the molecule is C#CC(C)(C)NCC(=O)NCC#N. The molecule has 0 aromatic rings. The van der Waals surface area contributed by atoms with Crippen LogP contribution >= 0.6 is 0 Å². The zero-order valence-electron chi connectivity index (χ0n) is 7.85. The molecule has 0 unspecified atom stereocenters. The molecular formula is C9H13N3O. The smallest absolute Gasteiger partial charge is 0.234 e. The highest BCUT2D eigenvalue weighted by Crippen LogP contribution is 1.96. The summed E-state index contributed by atoms with van der Waals surface area (Å²) in [4.78, 5) is 11.0. The Kier molecular flexibility index (Phi) is 4.58. The van der Waals surface area contributed by atoms with Gasteiger partial charge in [0, 0.05) is 0 Å². The number of nitrogens with one attached hydrogen (secondary N) is 2. The van der Waals surface area contributed by atoms with E-state index in [2.05, 4.69) is 16.6 Å². The van der Waals surface area contributed by atoms with E-state index in [9.17, 15) is 4.79 Å². The fourth-order valence-corrected chi connectivity index (χ4v) is 0.553. The van der Waals surface area contributed by atoms with Crippen LogP contribution in [0.4, 0.5) is 0 Å². The molecule has 0 heterocycles. The Bertz CT molecular complexity index is 257. The summed E-state index contributed by atoms with van der Waals surface area (Å²) in [6, 6.07) is 1.81. The number of hydrogen-bond donors (Lipinski definition) is 2. The van der Waals surface area contributed by atoms with E-state index in [1.807, 2.05) is 6.07 Å². The number of rotatable bonds is 4. The molecule has 70 valence electrons. The number of amides is 1. The van der Waals surface area contributed by atoms with Crippen LogP contribution in [0.5, 0.6) is 0 Å². The Morgan fingerprint density at radius 1 is 1.62 bits per heavy atom. The Labute approximate surface area is 78.3 Å². The summed E-state index contributed by atoms with van der Waals surface area (Å²) in [5, 5.41) is 13.4. The van der Waals surface area contributed by atoms with Crippen LogP contribution < -0.4 is 10.6 Å². The van der Waals surface area contributed by atoms with E-state index < -0.39 is 5.54 Å². The minimum Gasteiger partial charge on any atom is -0.342 e. The standard InChI is InChI=1S/C9H13N3O/c1-4-9(2,3)12-7-8(13)11-6-5-10/h1,12H,6-7H2,2-3H3,(H,11,13). The van der Waals surface area contributed by atoms with Gasteiger partial charge >= 0.3 is 0 Å². The molecule has 4 nitrogen and oxygen atoms in total. The Morgan fingerprint density at radius 2 is 2.23 bits per heavy atom. The van der Waals surface area contributed by atoms with Gasteiger partial charge in [-0.15, -0.1) is 6.42 Å². The fourth-order valence-electron chi connectivity index (χ4n) is 0.553. The van der Waals surface area contributed by atoms with E-state index in [0.717, 1.165) is 0 Å². The maximum absolute atomic E-state index is 11.0. The van der Waals surface area contributed by atoms with Crippen molar-refractivity contribution in [2.75, 3.05) is 13.1 Å². The number of nitrogens with zero attached hydrogens (tertiary/aromatic N) is 1. The van der Waals surface area contributed by atoms with Crippen molar-refractivity contribution in [2.24, 2.45) is 0 Å². The van der Waals surface area contributed by atoms with E-state index in [-0.39, 0.29) is 19.0 Å². The lowest BCUT2D eigenvalue weighted by molar-refractivity contribution is -0.120. The Morgan fingerprint density at radius 3 is 2.69 bits per heavy atom. The number of nitriles is 1. The van der Waals surface area contributed by atoms with E-state index in [1.54, 1.807) is 13.8 Å². The van der Waals surface area contributed by atoms with Gasteiger partial charge in [0.15, 0.2) is 0 Å². The first-order valence-electron chi connectivity index (χ1n) is 3.88. The largest absolute Gasteiger partial charge is 0.342 e. The van der Waals surface area contributed by atoms with Crippen LogP contribution in [0.15, 0.2) is 0 Å². The molecule has 0 aromatic carbocycles. The highest BCUT2D eigenvalue weighted by atomic mass is 16.1. The summed E-state index contributed by atoms with van der Waals surface area (Å²) in [7, 11) is 0. The molecule has 4 heteroatoms. The van der Waals surface area contributed by atoms with Crippen molar-refractivity contribution in [1.82, 2.24) is 10.6 Å². The molecular weight excluding hydrogens is 166 g/mol. The predicted octanol–water partition coefficient (Wildman–Crippen LogP) is -0.372. The maximum Gasteiger partial charge on any atom is 0.234 e. The van der Waals surface area contributed by atoms with Gasteiger partial charge in [0.05, 0.1) is 18.2 Å². The Hall–Kier alpha value is -1.52. The highest BCUT2D eigenvalue weighted by Gasteiger charge is 2.13. The molecule has 0 aliphatic heterocycles. The summed E-state index contributed by atoms with van der Waals surface area (Å²) in [6.45, 7) is 3.74. The number of terminal acetylenes is 1. The molecule has 2 N–H and O–H groups in total. The van der Waals surface area contributed by atoms with Crippen molar-refractivity contribution in [3.05, 3.63) is 0 Å². The number of carbonyl (C=O) groups excluding carboxylic acids is 1. The lowest BCUT2D eigenvalue weighted by Gasteiger charge is -2.18. The fraction of sp³-hybridized carbons (Fsp3) is 0.556. The van der Waals surface area contributed by atoms with E-state index in [0.29, 0.717) is 0 Å². The zero-order valence-corrected chi connectivity index (χ0v) is 7.85. The maximum atomic E-state index is 11.0. The monoisotopic (exact) mass is 179 g/mol. The third-order valence-corrected chi connectivity index (χ3v) is 1.42. The van der Waals surface area contributed by atoms with E-state index in [4.69, 9.17) is 11.7 Å². The Balaban J connectivity index is 3.73. The predicted molar refractivity (Wildman–Crippen MR) is 49.5 cm³/mol. The lowest BCUT2D eigenvalue weighted by Crippen LogP contribution is -2.44. The average molecular weight is 179 g/mol.